The largest absolute Gasteiger partial charge is 0.490 e. The SMILES string of the molecule is CCN1CCn2c(-c3ccccc3)cnc2C12CCN(Cc1ccc(C)o1)CC2.O=C(O)C(F)(F)F.O=C(O)C(F)(F)F.O=C(O)C(F)(F)F. The summed E-state index contributed by atoms with van der Waals surface area (Å²) >= 11 is 0. The second-order valence-corrected chi connectivity index (χ2v) is 10.8. The zero-order valence-electron chi connectivity index (χ0n) is 26.4. The average molecular weight is 733 g/mol. The predicted octanol–water partition coefficient (Wildman–Crippen LogP) is 6.18. The molecule has 50 heavy (non-hydrogen) atoms. The van der Waals surface area contributed by atoms with Crippen LogP contribution in [0.5, 0.6) is 0 Å². The number of fused-ring (bicyclic) bond motifs is 2. The van der Waals surface area contributed by atoms with Crippen LogP contribution in [-0.2, 0) is 33.0 Å². The highest BCUT2D eigenvalue weighted by atomic mass is 19.4. The first-order chi connectivity index (χ1) is 23.0. The molecule has 2 aliphatic rings. The molecule has 2 aromatic heterocycles. The van der Waals surface area contributed by atoms with Gasteiger partial charge >= 0.3 is 36.4 Å². The van der Waals surface area contributed by atoms with Crippen molar-refractivity contribution in [3.63, 3.8) is 0 Å². The third-order valence-corrected chi connectivity index (χ3v) is 7.51. The van der Waals surface area contributed by atoms with E-state index in [4.69, 9.17) is 39.1 Å². The second-order valence-electron chi connectivity index (χ2n) is 10.8. The van der Waals surface area contributed by atoms with E-state index < -0.39 is 36.4 Å². The molecule has 0 bridgehead atoms. The van der Waals surface area contributed by atoms with Gasteiger partial charge in [-0.15, -0.1) is 0 Å². The molecule has 5 rings (SSSR count). The number of carboxylic acids is 3. The van der Waals surface area contributed by atoms with Gasteiger partial charge in [-0.05, 0) is 44.0 Å². The number of alkyl halides is 9. The number of piperidine rings is 1. The van der Waals surface area contributed by atoms with Crippen LogP contribution < -0.4 is 0 Å². The second kappa shape index (κ2) is 16.9. The molecule has 1 fully saturated rings. The van der Waals surface area contributed by atoms with Crippen molar-refractivity contribution in [2.75, 3.05) is 26.2 Å². The first kappa shape index (κ1) is 41.6. The summed E-state index contributed by atoms with van der Waals surface area (Å²) in [4.78, 5) is 36.9. The molecular formula is C30H33F9N4O7. The number of benzene rings is 1. The molecule has 2 aliphatic heterocycles. The van der Waals surface area contributed by atoms with Gasteiger partial charge in [0.1, 0.15) is 17.3 Å². The molecule has 4 heterocycles. The molecule has 3 aromatic rings. The van der Waals surface area contributed by atoms with Gasteiger partial charge in [0.05, 0.1) is 24.0 Å². The maximum Gasteiger partial charge on any atom is 0.490 e. The molecule has 20 heteroatoms. The predicted molar refractivity (Wildman–Crippen MR) is 156 cm³/mol. The molecule has 1 aromatic carbocycles. The number of carbonyl (C=O) groups is 3. The molecule has 11 nitrogen and oxygen atoms in total. The Balaban J connectivity index is 0.000000338. The van der Waals surface area contributed by atoms with E-state index >= 15 is 0 Å². The van der Waals surface area contributed by atoms with Crippen molar-refractivity contribution in [1.82, 2.24) is 19.4 Å². The van der Waals surface area contributed by atoms with E-state index in [0.717, 1.165) is 63.6 Å². The van der Waals surface area contributed by atoms with E-state index in [1.165, 1.54) is 17.1 Å². The number of carboxylic acid groups (broad SMARTS) is 3. The van der Waals surface area contributed by atoms with E-state index in [1.54, 1.807) is 0 Å². The van der Waals surface area contributed by atoms with Gasteiger partial charge in [0.15, 0.2) is 0 Å². The number of hydrogen-bond donors (Lipinski definition) is 3. The summed E-state index contributed by atoms with van der Waals surface area (Å²) in [6, 6.07) is 14.9. The molecule has 3 N–H and O–H groups in total. The fourth-order valence-corrected chi connectivity index (χ4v) is 5.26. The molecule has 0 amide bonds. The average Bonchev–Trinajstić information content (AvgIpc) is 3.65. The number of halogens is 9. The number of imidazole rings is 1. The molecule has 0 radical (unpaired) electrons. The van der Waals surface area contributed by atoms with Crippen LogP contribution in [0.4, 0.5) is 39.5 Å². The van der Waals surface area contributed by atoms with Gasteiger partial charge in [-0.3, -0.25) is 9.80 Å². The van der Waals surface area contributed by atoms with Crippen LogP contribution in [0.3, 0.4) is 0 Å². The van der Waals surface area contributed by atoms with Crippen LogP contribution >= 0.6 is 0 Å². The molecule has 278 valence electrons. The van der Waals surface area contributed by atoms with E-state index in [2.05, 4.69) is 70.0 Å². The zero-order valence-corrected chi connectivity index (χ0v) is 26.4. The Morgan fingerprint density at radius 3 is 1.66 bits per heavy atom. The highest BCUT2D eigenvalue weighted by molar-refractivity contribution is 5.73. The topological polar surface area (TPSA) is 149 Å². The number of aliphatic carboxylic acids is 3. The normalized spacial score (nSPS) is 16.1. The van der Waals surface area contributed by atoms with Crippen molar-refractivity contribution < 1.29 is 73.6 Å². The third kappa shape index (κ3) is 11.5. The third-order valence-electron chi connectivity index (χ3n) is 7.51. The lowest BCUT2D eigenvalue weighted by molar-refractivity contribution is -0.193. The van der Waals surface area contributed by atoms with Crippen LogP contribution in [0.15, 0.2) is 53.1 Å². The number of aryl methyl sites for hydroxylation is 1. The Bertz CT molecular complexity index is 1500. The molecule has 0 saturated carbocycles. The van der Waals surface area contributed by atoms with Gasteiger partial charge in [-0.1, -0.05) is 37.3 Å². The first-order valence-corrected chi connectivity index (χ1v) is 14.6. The lowest BCUT2D eigenvalue weighted by atomic mass is 9.83. The van der Waals surface area contributed by atoms with Crippen molar-refractivity contribution in [3.05, 3.63) is 66.0 Å². The number of rotatable bonds is 4. The van der Waals surface area contributed by atoms with Crippen LogP contribution in [0.1, 0.15) is 37.1 Å². The molecule has 0 unspecified atom stereocenters. The Labute approximate surface area is 278 Å². The van der Waals surface area contributed by atoms with Gasteiger partial charge in [-0.2, -0.15) is 39.5 Å². The summed E-state index contributed by atoms with van der Waals surface area (Å²) in [5, 5.41) is 21.4. The molecule has 0 aliphatic carbocycles. The maximum absolute atomic E-state index is 10.6. The van der Waals surface area contributed by atoms with E-state index in [1.807, 2.05) is 6.92 Å². The van der Waals surface area contributed by atoms with E-state index in [9.17, 15) is 39.5 Å². The number of likely N-dealkylation sites (N-methyl/N-ethyl adjacent to an activating group) is 1. The molecular weight excluding hydrogens is 699 g/mol. The summed E-state index contributed by atoms with van der Waals surface area (Å²) in [6.45, 7) is 10.5. The lowest BCUT2D eigenvalue weighted by Crippen LogP contribution is -2.57. The highest BCUT2D eigenvalue weighted by Gasteiger charge is 2.46. The lowest BCUT2D eigenvalue weighted by Gasteiger charge is -2.50. The molecule has 0 atom stereocenters. The van der Waals surface area contributed by atoms with Crippen molar-refractivity contribution in [2.24, 2.45) is 0 Å². The van der Waals surface area contributed by atoms with Gasteiger partial charge in [0.2, 0.25) is 0 Å². The van der Waals surface area contributed by atoms with Gasteiger partial charge in [0.25, 0.3) is 0 Å². The number of aromatic nitrogens is 2. The van der Waals surface area contributed by atoms with Crippen molar-refractivity contribution >= 4 is 17.9 Å². The Morgan fingerprint density at radius 1 is 0.780 bits per heavy atom. The minimum atomic E-state index is -5.08. The van der Waals surface area contributed by atoms with Crippen LogP contribution in [0, 0.1) is 6.92 Å². The number of likely N-dealkylation sites (tertiary alicyclic amines) is 1. The van der Waals surface area contributed by atoms with Crippen LogP contribution in [0.25, 0.3) is 11.3 Å². The number of hydrogen-bond acceptors (Lipinski definition) is 7. The van der Waals surface area contributed by atoms with Crippen LogP contribution in [-0.4, -0.2) is 97.3 Å². The fourth-order valence-electron chi connectivity index (χ4n) is 5.26. The van der Waals surface area contributed by atoms with E-state index in [0.29, 0.717) is 0 Å². The maximum atomic E-state index is 10.6. The molecule has 1 spiro atoms. The van der Waals surface area contributed by atoms with Crippen LogP contribution in [0.2, 0.25) is 0 Å². The minimum Gasteiger partial charge on any atom is -0.475 e. The monoisotopic (exact) mass is 732 g/mol. The van der Waals surface area contributed by atoms with Crippen molar-refractivity contribution in [2.45, 2.75) is 63.8 Å². The van der Waals surface area contributed by atoms with Gasteiger partial charge in [0, 0.05) is 26.2 Å². The number of nitrogens with zero attached hydrogens (tertiary/aromatic N) is 4. The summed E-state index contributed by atoms with van der Waals surface area (Å²) in [6.07, 6.45) is -10.9. The smallest absolute Gasteiger partial charge is 0.475 e. The van der Waals surface area contributed by atoms with Crippen molar-refractivity contribution in [3.8, 4) is 11.3 Å². The standard InChI is InChI=1S/C24H30N4O.3C2HF3O2/c1-3-27-15-16-28-22(20-7-5-4-6-8-20)17-25-23(28)24(27)11-13-26(14-12-24)18-21-10-9-19(2)29-21;3*3-2(4,5)1(6)7/h4-10,17H,3,11-16,18H2,1-2H3;3*(H,6,7). The number of furan rings is 1. The highest BCUT2D eigenvalue weighted by Crippen LogP contribution is 2.42. The Hall–Kier alpha value is -4.59. The first-order valence-electron chi connectivity index (χ1n) is 14.6. The summed E-state index contributed by atoms with van der Waals surface area (Å²) < 4.78 is 103. The van der Waals surface area contributed by atoms with Gasteiger partial charge < -0.3 is 24.3 Å². The summed E-state index contributed by atoms with van der Waals surface area (Å²) in [5.74, 6) is -4.94. The van der Waals surface area contributed by atoms with E-state index in [-0.39, 0.29) is 5.54 Å². The quantitative estimate of drug-likeness (QED) is 0.266. The molecule has 1 saturated heterocycles. The minimum absolute atomic E-state index is 0.0512. The summed E-state index contributed by atoms with van der Waals surface area (Å²) in [5.41, 5.74) is 2.57. The zero-order chi connectivity index (χ0) is 38.1. The summed E-state index contributed by atoms with van der Waals surface area (Å²) in [7, 11) is 0. The Morgan fingerprint density at radius 2 is 1.26 bits per heavy atom. The van der Waals surface area contributed by atoms with Gasteiger partial charge in [-0.25, -0.2) is 19.4 Å². The van der Waals surface area contributed by atoms with Crippen molar-refractivity contribution in [1.29, 1.82) is 0 Å². The fraction of sp³-hybridized carbons (Fsp3) is 0.467. The Kier molecular flexibility index (Phi) is 14.0.